The van der Waals surface area contributed by atoms with Gasteiger partial charge < -0.3 is 16.0 Å². The molecule has 5 nitrogen and oxygen atoms in total. The maximum Gasteiger partial charge on any atom is 0.253 e. The van der Waals surface area contributed by atoms with Crippen LogP contribution in [0.15, 0.2) is 36.5 Å². The van der Waals surface area contributed by atoms with Crippen molar-refractivity contribution in [3.05, 3.63) is 53.2 Å². The van der Waals surface area contributed by atoms with Crippen molar-refractivity contribution < 1.29 is 4.79 Å². The standard InChI is InChI=1S/C18H22N4O/c1-22(2)17-9-6-13(11-20-17)18(23)21-16-5-3-4-12-10-14(19)7-8-15(12)16/h6-11,16H,3-5,19H2,1-2H3,(H,21,23). The summed E-state index contributed by atoms with van der Waals surface area (Å²) in [7, 11) is 3.85. The number of amides is 1. The van der Waals surface area contributed by atoms with Crippen LogP contribution in [0.5, 0.6) is 0 Å². The molecule has 2 aromatic rings. The minimum Gasteiger partial charge on any atom is -0.399 e. The van der Waals surface area contributed by atoms with Crippen LogP contribution in [0.25, 0.3) is 0 Å². The Labute approximate surface area is 136 Å². The number of carbonyl (C=O) groups excluding carboxylic acids is 1. The summed E-state index contributed by atoms with van der Waals surface area (Å²) in [4.78, 5) is 18.7. The van der Waals surface area contributed by atoms with Gasteiger partial charge in [-0.1, -0.05) is 6.07 Å². The van der Waals surface area contributed by atoms with Gasteiger partial charge >= 0.3 is 0 Å². The van der Waals surface area contributed by atoms with Crippen LogP contribution in [0.2, 0.25) is 0 Å². The summed E-state index contributed by atoms with van der Waals surface area (Å²) in [6.07, 6.45) is 4.65. The Morgan fingerprint density at radius 2 is 2.13 bits per heavy atom. The van der Waals surface area contributed by atoms with E-state index in [1.807, 2.05) is 49.3 Å². The summed E-state index contributed by atoms with van der Waals surface area (Å²) < 4.78 is 0. The Kier molecular flexibility index (Phi) is 4.19. The number of aryl methyl sites for hydroxylation is 1. The predicted octanol–water partition coefficient (Wildman–Crippen LogP) is 2.54. The maximum atomic E-state index is 12.5. The highest BCUT2D eigenvalue weighted by molar-refractivity contribution is 5.94. The van der Waals surface area contributed by atoms with E-state index < -0.39 is 0 Å². The van der Waals surface area contributed by atoms with Gasteiger partial charge in [-0.2, -0.15) is 0 Å². The lowest BCUT2D eigenvalue weighted by Crippen LogP contribution is -2.31. The second-order valence-electron chi connectivity index (χ2n) is 6.18. The van der Waals surface area contributed by atoms with E-state index in [-0.39, 0.29) is 11.9 Å². The van der Waals surface area contributed by atoms with Crippen LogP contribution in [-0.2, 0) is 6.42 Å². The van der Waals surface area contributed by atoms with Crippen molar-refractivity contribution in [2.24, 2.45) is 0 Å². The van der Waals surface area contributed by atoms with E-state index in [0.29, 0.717) is 5.56 Å². The maximum absolute atomic E-state index is 12.5. The molecule has 0 spiro atoms. The first kappa shape index (κ1) is 15.3. The third-order valence-corrected chi connectivity index (χ3v) is 4.25. The molecule has 0 saturated heterocycles. The molecule has 0 radical (unpaired) electrons. The van der Waals surface area contributed by atoms with Gasteiger partial charge in [-0.3, -0.25) is 4.79 Å². The highest BCUT2D eigenvalue weighted by atomic mass is 16.1. The number of anilines is 2. The van der Waals surface area contributed by atoms with Crippen LogP contribution in [0.4, 0.5) is 11.5 Å². The molecule has 0 aliphatic heterocycles. The van der Waals surface area contributed by atoms with Gasteiger partial charge in [0.15, 0.2) is 0 Å². The van der Waals surface area contributed by atoms with Crippen molar-refractivity contribution >= 4 is 17.4 Å². The zero-order chi connectivity index (χ0) is 16.4. The molecule has 0 saturated carbocycles. The average molecular weight is 310 g/mol. The van der Waals surface area contributed by atoms with Crippen molar-refractivity contribution in [1.29, 1.82) is 0 Å². The Hall–Kier alpha value is -2.56. The Morgan fingerprint density at radius 3 is 2.83 bits per heavy atom. The summed E-state index contributed by atoms with van der Waals surface area (Å²) in [5, 5.41) is 3.13. The molecule has 1 aliphatic rings. The number of pyridine rings is 1. The molecule has 1 atom stereocenters. The highest BCUT2D eigenvalue weighted by Gasteiger charge is 2.22. The summed E-state index contributed by atoms with van der Waals surface area (Å²) in [6.45, 7) is 0. The van der Waals surface area contributed by atoms with E-state index in [9.17, 15) is 4.79 Å². The molecule has 1 aromatic heterocycles. The number of nitrogen functional groups attached to an aromatic ring is 1. The van der Waals surface area contributed by atoms with Crippen LogP contribution in [0.3, 0.4) is 0 Å². The second kappa shape index (κ2) is 6.28. The Balaban J connectivity index is 1.76. The van der Waals surface area contributed by atoms with E-state index in [2.05, 4.69) is 10.3 Å². The minimum absolute atomic E-state index is 0.0420. The third-order valence-electron chi connectivity index (χ3n) is 4.25. The molecule has 1 aromatic carbocycles. The molecule has 120 valence electrons. The molecule has 1 heterocycles. The summed E-state index contributed by atoms with van der Waals surface area (Å²) >= 11 is 0. The third kappa shape index (κ3) is 3.28. The number of nitrogens with zero attached hydrogens (tertiary/aromatic N) is 2. The van der Waals surface area contributed by atoms with Crippen LogP contribution in [0, 0.1) is 0 Å². The van der Waals surface area contributed by atoms with Crippen molar-refractivity contribution in [1.82, 2.24) is 10.3 Å². The molecule has 1 unspecified atom stereocenters. The van der Waals surface area contributed by atoms with Gasteiger partial charge in [0.2, 0.25) is 0 Å². The summed E-state index contributed by atoms with van der Waals surface area (Å²) in [5.41, 5.74) is 9.63. The van der Waals surface area contributed by atoms with Crippen LogP contribution in [0.1, 0.15) is 40.4 Å². The van der Waals surface area contributed by atoms with Gasteiger partial charge in [-0.25, -0.2) is 4.98 Å². The number of benzene rings is 1. The first-order valence-electron chi connectivity index (χ1n) is 7.87. The molecule has 1 amide bonds. The fraction of sp³-hybridized carbons (Fsp3) is 0.333. The monoisotopic (exact) mass is 310 g/mol. The highest BCUT2D eigenvalue weighted by Crippen LogP contribution is 2.31. The molecule has 5 heteroatoms. The number of nitrogens with one attached hydrogen (secondary N) is 1. The molecule has 1 aliphatic carbocycles. The molecule has 3 N–H and O–H groups in total. The van der Waals surface area contributed by atoms with Gasteiger partial charge in [0, 0.05) is 26.0 Å². The lowest BCUT2D eigenvalue weighted by molar-refractivity contribution is 0.0932. The normalized spacial score (nSPS) is 16.5. The second-order valence-corrected chi connectivity index (χ2v) is 6.18. The summed E-state index contributed by atoms with van der Waals surface area (Å²) in [6, 6.07) is 9.65. The van der Waals surface area contributed by atoms with Crippen molar-refractivity contribution in [2.45, 2.75) is 25.3 Å². The Morgan fingerprint density at radius 1 is 1.30 bits per heavy atom. The van der Waals surface area contributed by atoms with Crippen molar-refractivity contribution in [3.8, 4) is 0 Å². The van der Waals surface area contributed by atoms with Crippen LogP contribution >= 0.6 is 0 Å². The number of nitrogens with two attached hydrogens (primary N) is 1. The van der Waals surface area contributed by atoms with Crippen LogP contribution in [-0.4, -0.2) is 25.0 Å². The van der Waals surface area contributed by atoms with Gasteiger partial charge in [-0.15, -0.1) is 0 Å². The van der Waals surface area contributed by atoms with Crippen molar-refractivity contribution in [3.63, 3.8) is 0 Å². The summed E-state index contributed by atoms with van der Waals surface area (Å²) in [5.74, 6) is 0.748. The number of hydrogen-bond donors (Lipinski definition) is 2. The SMILES string of the molecule is CN(C)c1ccc(C(=O)NC2CCCc3cc(N)ccc32)cn1. The largest absolute Gasteiger partial charge is 0.399 e. The number of fused-ring (bicyclic) bond motifs is 1. The van der Waals surface area contributed by atoms with Crippen LogP contribution < -0.4 is 16.0 Å². The number of carbonyl (C=O) groups is 1. The lowest BCUT2D eigenvalue weighted by Gasteiger charge is -2.26. The zero-order valence-corrected chi connectivity index (χ0v) is 13.5. The Bertz CT molecular complexity index is 709. The van der Waals surface area contributed by atoms with Gasteiger partial charge in [0.1, 0.15) is 5.82 Å². The first-order valence-corrected chi connectivity index (χ1v) is 7.87. The quantitative estimate of drug-likeness (QED) is 0.855. The number of hydrogen-bond acceptors (Lipinski definition) is 4. The molecular formula is C18H22N4O. The molecular weight excluding hydrogens is 288 g/mol. The van der Waals surface area contributed by atoms with Crippen molar-refractivity contribution in [2.75, 3.05) is 24.7 Å². The van der Waals surface area contributed by atoms with E-state index in [1.54, 1.807) is 6.20 Å². The topological polar surface area (TPSA) is 71.2 Å². The smallest absolute Gasteiger partial charge is 0.253 e. The van der Waals surface area contributed by atoms with Gasteiger partial charge in [0.25, 0.3) is 5.91 Å². The van der Waals surface area contributed by atoms with E-state index in [0.717, 1.165) is 30.8 Å². The van der Waals surface area contributed by atoms with E-state index in [4.69, 9.17) is 5.73 Å². The van der Waals surface area contributed by atoms with E-state index in [1.165, 1.54) is 11.1 Å². The lowest BCUT2D eigenvalue weighted by atomic mass is 9.87. The van der Waals surface area contributed by atoms with Gasteiger partial charge in [-0.05, 0) is 54.7 Å². The predicted molar refractivity (Wildman–Crippen MR) is 92.6 cm³/mol. The first-order chi connectivity index (χ1) is 11.0. The number of rotatable bonds is 3. The number of aromatic nitrogens is 1. The fourth-order valence-electron chi connectivity index (χ4n) is 3.01. The zero-order valence-electron chi connectivity index (χ0n) is 13.5. The van der Waals surface area contributed by atoms with Gasteiger partial charge in [0.05, 0.1) is 11.6 Å². The molecule has 0 bridgehead atoms. The molecule has 3 rings (SSSR count). The fourth-order valence-corrected chi connectivity index (χ4v) is 3.01. The van der Waals surface area contributed by atoms with E-state index >= 15 is 0 Å². The molecule has 0 fully saturated rings. The molecule has 23 heavy (non-hydrogen) atoms. The minimum atomic E-state index is -0.0857. The average Bonchev–Trinajstić information content (AvgIpc) is 2.54.